The highest BCUT2D eigenvalue weighted by atomic mass is 32.1. The van der Waals surface area contributed by atoms with E-state index in [1.165, 1.54) is 4.88 Å². The van der Waals surface area contributed by atoms with Crippen LogP contribution < -0.4 is 5.73 Å². The van der Waals surface area contributed by atoms with Crippen LogP contribution in [0.1, 0.15) is 10.6 Å². The number of aliphatic hydroxyl groups is 1. The van der Waals surface area contributed by atoms with Gasteiger partial charge in [-0.25, -0.2) is 4.98 Å². The molecule has 3 N–H and O–H groups in total. The van der Waals surface area contributed by atoms with Crippen molar-refractivity contribution >= 4 is 11.3 Å². The summed E-state index contributed by atoms with van der Waals surface area (Å²) in [5.41, 5.74) is 8.14. The molecule has 0 amide bonds. The lowest BCUT2D eigenvalue weighted by Gasteiger charge is -2.07. The third-order valence-electron chi connectivity index (χ3n) is 1.90. The molecule has 0 bridgehead atoms. The second-order valence-electron chi connectivity index (χ2n) is 3.08. The zero-order valence-electron chi connectivity index (χ0n) is 8.27. The summed E-state index contributed by atoms with van der Waals surface area (Å²) in [5.74, 6) is 0. The summed E-state index contributed by atoms with van der Waals surface area (Å²) >= 11 is 1.64. The van der Waals surface area contributed by atoms with Gasteiger partial charge >= 0.3 is 0 Å². The van der Waals surface area contributed by atoms with Crippen molar-refractivity contribution in [3.8, 4) is 0 Å². The molecule has 0 saturated carbocycles. The molecular weight excluding hydrogens is 200 g/mol. The van der Waals surface area contributed by atoms with Gasteiger partial charge < -0.3 is 15.6 Å². The van der Waals surface area contributed by atoms with E-state index in [1.807, 2.05) is 12.4 Å². The van der Waals surface area contributed by atoms with E-state index in [4.69, 9.17) is 15.6 Å². The van der Waals surface area contributed by atoms with Crippen molar-refractivity contribution in [1.29, 1.82) is 0 Å². The van der Waals surface area contributed by atoms with Crippen molar-refractivity contribution in [2.75, 3.05) is 19.8 Å². The van der Waals surface area contributed by atoms with E-state index in [2.05, 4.69) is 4.98 Å². The third kappa shape index (κ3) is 3.71. The minimum atomic E-state index is -0.544. The minimum Gasteiger partial charge on any atom is -0.389 e. The Morgan fingerprint density at radius 1 is 1.71 bits per heavy atom. The summed E-state index contributed by atoms with van der Waals surface area (Å²) in [6.45, 7) is 3.16. The molecule has 1 unspecified atom stereocenters. The lowest BCUT2D eigenvalue weighted by Crippen LogP contribution is -2.25. The molecule has 1 rings (SSSR count). The molecule has 1 aromatic rings. The van der Waals surface area contributed by atoms with Crippen molar-refractivity contribution in [2.45, 2.75) is 19.4 Å². The van der Waals surface area contributed by atoms with Crippen LogP contribution >= 0.6 is 11.3 Å². The zero-order valence-corrected chi connectivity index (χ0v) is 9.09. The Bertz CT molecular complexity index is 265. The Balaban J connectivity index is 2.13. The molecule has 0 radical (unpaired) electrons. The van der Waals surface area contributed by atoms with E-state index in [-0.39, 0.29) is 6.54 Å². The topological polar surface area (TPSA) is 68.4 Å². The average molecular weight is 216 g/mol. The summed E-state index contributed by atoms with van der Waals surface area (Å²) in [6.07, 6.45) is 0.311. The maximum Gasteiger partial charge on any atom is 0.0895 e. The number of ether oxygens (including phenoxy) is 1. The first-order valence-corrected chi connectivity index (χ1v) is 5.47. The Kier molecular flexibility index (Phi) is 5.03. The van der Waals surface area contributed by atoms with Gasteiger partial charge in [-0.05, 0) is 6.92 Å². The van der Waals surface area contributed by atoms with Gasteiger partial charge in [-0.15, -0.1) is 11.3 Å². The SMILES string of the molecule is Cc1ncsc1CCOCC(O)CN. The van der Waals surface area contributed by atoms with Crippen LogP contribution in [0.3, 0.4) is 0 Å². The fourth-order valence-electron chi connectivity index (χ4n) is 1.02. The molecule has 14 heavy (non-hydrogen) atoms. The van der Waals surface area contributed by atoms with Crippen molar-refractivity contribution in [3.05, 3.63) is 16.1 Å². The number of rotatable bonds is 6. The lowest BCUT2D eigenvalue weighted by molar-refractivity contribution is 0.0429. The normalized spacial score (nSPS) is 13.1. The first kappa shape index (κ1) is 11.6. The number of nitrogens with zero attached hydrogens (tertiary/aromatic N) is 1. The first-order chi connectivity index (χ1) is 6.74. The van der Waals surface area contributed by atoms with Crippen molar-refractivity contribution < 1.29 is 9.84 Å². The zero-order chi connectivity index (χ0) is 10.4. The largest absolute Gasteiger partial charge is 0.389 e. The molecule has 0 aliphatic carbocycles. The number of aromatic nitrogens is 1. The summed E-state index contributed by atoms with van der Waals surface area (Å²) < 4.78 is 5.26. The lowest BCUT2D eigenvalue weighted by atomic mass is 10.3. The Morgan fingerprint density at radius 2 is 2.50 bits per heavy atom. The van der Waals surface area contributed by atoms with Crippen LogP contribution in [0.15, 0.2) is 5.51 Å². The molecule has 5 heteroatoms. The molecule has 80 valence electrons. The number of aryl methyl sites for hydroxylation is 1. The van der Waals surface area contributed by atoms with Crippen LogP contribution in [0.25, 0.3) is 0 Å². The highest BCUT2D eigenvalue weighted by Gasteiger charge is 2.03. The van der Waals surface area contributed by atoms with Crippen LogP contribution in [0.2, 0.25) is 0 Å². The molecule has 0 aliphatic heterocycles. The number of hydrogen-bond donors (Lipinski definition) is 2. The van der Waals surface area contributed by atoms with Gasteiger partial charge in [-0.3, -0.25) is 0 Å². The van der Waals surface area contributed by atoms with Gasteiger partial charge in [0.25, 0.3) is 0 Å². The van der Waals surface area contributed by atoms with Gasteiger partial charge in [-0.2, -0.15) is 0 Å². The molecule has 0 fully saturated rings. The molecule has 1 heterocycles. The van der Waals surface area contributed by atoms with Gasteiger partial charge in [0.05, 0.1) is 30.5 Å². The highest BCUT2D eigenvalue weighted by Crippen LogP contribution is 2.12. The maximum absolute atomic E-state index is 9.11. The highest BCUT2D eigenvalue weighted by molar-refractivity contribution is 7.09. The molecule has 1 aromatic heterocycles. The van der Waals surface area contributed by atoms with E-state index in [9.17, 15) is 0 Å². The van der Waals surface area contributed by atoms with E-state index in [1.54, 1.807) is 11.3 Å². The Hall–Kier alpha value is -0.490. The van der Waals surface area contributed by atoms with Gasteiger partial charge in [0, 0.05) is 17.8 Å². The molecule has 4 nitrogen and oxygen atoms in total. The number of thiazole rings is 1. The summed E-state index contributed by atoms with van der Waals surface area (Å²) in [6, 6.07) is 0. The van der Waals surface area contributed by atoms with E-state index < -0.39 is 6.10 Å². The van der Waals surface area contributed by atoms with Gasteiger partial charge in [0.15, 0.2) is 0 Å². The maximum atomic E-state index is 9.11. The molecule has 0 aliphatic rings. The van der Waals surface area contributed by atoms with Gasteiger partial charge in [0.1, 0.15) is 0 Å². The number of hydrogen-bond acceptors (Lipinski definition) is 5. The monoisotopic (exact) mass is 216 g/mol. The van der Waals surface area contributed by atoms with Crippen molar-refractivity contribution in [2.24, 2.45) is 5.73 Å². The summed E-state index contributed by atoms with van der Waals surface area (Å²) in [5, 5.41) is 9.11. The van der Waals surface area contributed by atoms with Crippen LogP contribution in [-0.4, -0.2) is 36.0 Å². The molecule has 0 aromatic carbocycles. The molecule has 0 spiro atoms. The first-order valence-electron chi connectivity index (χ1n) is 4.59. The quantitative estimate of drug-likeness (QED) is 0.672. The predicted octanol–water partition coefficient (Wildman–Crippen LogP) is 0.330. The van der Waals surface area contributed by atoms with Crippen LogP contribution in [0.5, 0.6) is 0 Å². The minimum absolute atomic E-state index is 0.250. The molecule has 1 atom stereocenters. The Labute approximate surface area is 87.7 Å². The fraction of sp³-hybridized carbons (Fsp3) is 0.667. The molecular formula is C9H16N2O2S. The second-order valence-corrected chi connectivity index (χ2v) is 4.01. The van der Waals surface area contributed by atoms with Gasteiger partial charge in [0.2, 0.25) is 0 Å². The van der Waals surface area contributed by atoms with E-state index >= 15 is 0 Å². The number of nitrogens with two attached hydrogens (primary N) is 1. The van der Waals surface area contributed by atoms with Crippen LogP contribution in [0, 0.1) is 6.92 Å². The third-order valence-corrected chi connectivity index (χ3v) is 2.90. The fourth-order valence-corrected chi connectivity index (χ4v) is 1.78. The van der Waals surface area contributed by atoms with E-state index in [0.717, 1.165) is 12.1 Å². The summed E-state index contributed by atoms with van der Waals surface area (Å²) in [4.78, 5) is 5.38. The van der Waals surface area contributed by atoms with Gasteiger partial charge in [-0.1, -0.05) is 0 Å². The van der Waals surface area contributed by atoms with Crippen molar-refractivity contribution in [1.82, 2.24) is 4.98 Å². The van der Waals surface area contributed by atoms with Crippen molar-refractivity contribution in [3.63, 3.8) is 0 Å². The summed E-state index contributed by atoms with van der Waals surface area (Å²) in [7, 11) is 0. The van der Waals surface area contributed by atoms with Crippen LogP contribution in [0.4, 0.5) is 0 Å². The smallest absolute Gasteiger partial charge is 0.0895 e. The van der Waals surface area contributed by atoms with E-state index in [0.29, 0.717) is 13.2 Å². The Morgan fingerprint density at radius 3 is 3.07 bits per heavy atom. The second kappa shape index (κ2) is 6.08. The molecule has 0 saturated heterocycles. The number of aliphatic hydroxyl groups excluding tert-OH is 1. The van der Waals surface area contributed by atoms with Crippen LogP contribution in [-0.2, 0) is 11.2 Å². The predicted molar refractivity (Wildman–Crippen MR) is 56.4 cm³/mol. The average Bonchev–Trinajstić information content (AvgIpc) is 2.58. The standard InChI is InChI=1S/C9H16N2O2S/c1-7-9(14-6-11-7)2-3-13-5-8(12)4-10/h6,8,12H,2-5,10H2,1H3.